The van der Waals surface area contributed by atoms with Crippen molar-refractivity contribution in [1.29, 1.82) is 0 Å². The first kappa shape index (κ1) is 17.8. The van der Waals surface area contributed by atoms with Crippen LogP contribution in [-0.4, -0.2) is 12.1 Å². The Morgan fingerprint density at radius 3 is 2.39 bits per heavy atom. The maximum absolute atomic E-state index is 13.9. The molecule has 0 N–H and O–H groups in total. The van der Waals surface area contributed by atoms with Gasteiger partial charge in [-0.2, -0.15) is 13.2 Å². The van der Waals surface area contributed by atoms with Crippen LogP contribution in [0.5, 0.6) is 5.75 Å². The average Bonchev–Trinajstić information content (AvgIpc) is 2.49. The second kappa shape index (κ2) is 7.32. The highest BCUT2D eigenvalue weighted by Crippen LogP contribution is 2.40. The topological polar surface area (TPSA) is 26.3 Å². The number of aryl methyl sites for hydroxylation is 1. The zero-order chi connectivity index (χ0) is 17.0. The Labute approximate surface area is 132 Å². The smallest absolute Gasteiger partial charge is 0.391 e. The van der Waals surface area contributed by atoms with Crippen molar-refractivity contribution < 1.29 is 27.1 Å². The summed E-state index contributed by atoms with van der Waals surface area (Å²) in [5.74, 6) is -3.37. The van der Waals surface area contributed by atoms with E-state index < -0.39 is 29.8 Å². The number of hydrogen-bond donors (Lipinski definition) is 0. The standard InChI is InChI=1S/C17H20F4O2/c1-2-3-11-4-9-15(14(18)10-11)23-16(22)12-5-7-13(8-6-12)17(19,20)21/h4,9-10,12-13H,2-3,5-8H2,1H3. The van der Waals surface area contributed by atoms with Gasteiger partial charge in [0.15, 0.2) is 11.6 Å². The molecule has 1 aliphatic carbocycles. The van der Waals surface area contributed by atoms with E-state index in [2.05, 4.69) is 0 Å². The Morgan fingerprint density at radius 1 is 1.22 bits per heavy atom. The fourth-order valence-corrected chi connectivity index (χ4v) is 2.92. The average molecular weight is 332 g/mol. The van der Waals surface area contributed by atoms with Gasteiger partial charge in [0.2, 0.25) is 0 Å². The first-order valence-corrected chi connectivity index (χ1v) is 7.88. The SMILES string of the molecule is CCCc1ccc(OC(=O)C2CCC(C(F)(F)F)CC2)c(F)c1. The van der Waals surface area contributed by atoms with Gasteiger partial charge in [0.25, 0.3) is 0 Å². The van der Waals surface area contributed by atoms with E-state index in [0.717, 1.165) is 18.4 Å². The van der Waals surface area contributed by atoms with Gasteiger partial charge >= 0.3 is 12.1 Å². The van der Waals surface area contributed by atoms with E-state index >= 15 is 0 Å². The lowest BCUT2D eigenvalue weighted by Gasteiger charge is -2.28. The van der Waals surface area contributed by atoms with Crippen molar-refractivity contribution in [2.75, 3.05) is 0 Å². The predicted octanol–water partition coefficient (Wildman–Crippen LogP) is 5.05. The number of benzene rings is 1. The lowest BCUT2D eigenvalue weighted by Crippen LogP contribution is -2.32. The highest BCUT2D eigenvalue weighted by atomic mass is 19.4. The highest BCUT2D eigenvalue weighted by Gasteiger charge is 2.42. The number of rotatable bonds is 4. The summed E-state index contributed by atoms with van der Waals surface area (Å²) < 4.78 is 56.7. The van der Waals surface area contributed by atoms with Crippen molar-refractivity contribution in [3.63, 3.8) is 0 Å². The Balaban J connectivity index is 1.93. The Kier molecular flexibility index (Phi) is 5.65. The van der Waals surface area contributed by atoms with Crippen molar-refractivity contribution in [3.8, 4) is 5.75 Å². The van der Waals surface area contributed by atoms with Gasteiger partial charge in [0.1, 0.15) is 0 Å². The number of alkyl halides is 3. The summed E-state index contributed by atoms with van der Waals surface area (Å²) in [6, 6.07) is 4.42. The van der Waals surface area contributed by atoms with Gasteiger partial charge in [-0.05, 0) is 49.8 Å². The van der Waals surface area contributed by atoms with E-state index in [1.54, 1.807) is 6.07 Å². The first-order valence-electron chi connectivity index (χ1n) is 7.88. The molecule has 1 aliphatic rings. The van der Waals surface area contributed by atoms with Crippen LogP contribution in [0, 0.1) is 17.7 Å². The molecule has 0 heterocycles. The van der Waals surface area contributed by atoms with Gasteiger partial charge < -0.3 is 4.74 Å². The van der Waals surface area contributed by atoms with Gasteiger partial charge in [-0.25, -0.2) is 4.39 Å². The number of carbonyl (C=O) groups excluding carboxylic acids is 1. The maximum Gasteiger partial charge on any atom is 0.391 e. The fraction of sp³-hybridized carbons (Fsp3) is 0.588. The molecule has 0 unspecified atom stereocenters. The molecule has 0 radical (unpaired) electrons. The molecule has 0 atom stereocenters. The van der Waals surface area contributed by atoms with Gasteiger partial charge in [0, 0.05) is 0 Å². The monoisotopic (exact) mass is 332 g/mol. The van der Waals surface area contributed by atoms with E-state index in [0.29, 0.717) is 0 Å². The van der Waals surface area contributed by atoms with Crippen molar-refractivity contribution in [1.82, 2.24) is 0 Å². The molecule has 0 aliphatic heterocycles. The minimum absolute atomic E-state index is 0.0822. The second-order valence-electron chi connectivity index (χ2n) is 6.03. The molecule has 1 saturated carbocycles. The third kappa shape index (κ3) is 4.69. The molecule has 128 valence electrons. The van der Waals surface area contributed by atoms with Gasteiger partial charge in [-0.1, -0.05) is 19.4 Å². The van der Waals surface area contributed by atoms with E-state index in [1.807, 2.05) is 6.92 Å². The zero-order valence-corrected chi connectivity index (χ0v) is 13.0. The molecule has 1 fully saturated rings. The van der Waals surface area contributed by atoms with Crippen LogP contribution in [0.3, 0.4) is 0 Å². The molecule has 1 aromatic carbocycles. The Bertz CT molecular complexity index is 546. The number of esters is 1. The summed E-state index contributed by atoms with van der Waals surface area (Å²) in [5, 5.41) is 0. The quantitative estimate of drug-likeness (QED) is 0.438. The lowest BCUT2D eigenvalue weighted by atomic mass is 9.82. The van der Waals surface area contributed by atoms with Crippen LogP contribution in [0.4, 0.5) is 17.6 Å². The summed E-state index contributed by atoms with van der Waals surface area (Å²) >= 11 is 0. The molecule has 0 aromatic heterocycles. The molecule has 1 aromatic rings. The van der Waals surface area contributed by atoms with E-state index in [9.17, 15) is 22.4 Å². The summed E-state index contributed by atoms with van der Waals surface area (Å²) in [5.41, 5.74) is 0.815. The second-order valence-corrected chi connectivity index (χ2v) is 6.03. The minimum atomic E-state index is -4.21. The molecule has 2 rings (SSSR count). The Morgan fingerprint density at radius 2 is 1.87 bits per heavy atom. The summed E-state index contributed by atoms with van der Waals surface area (Å²) in [4.78, 5) is 12.0. The molecule has 0 saturated heterocycles. The third-order valence-corrected chi connectivity index (χ3v) is 4.27. The van der Waals surface area contributed by atoms with Crippen LogP contribution in [0.15, 0.2) is 18.2 Å². The molecule has 6 heteroatoms. The largest absolute Gasteiger partial charge is 0.423 e. The van der Waals surface area contributed by atoms with E-state index in [4.69, 9.17) is 4.74 Å². The van der Waals surface area contributed by atoms with Crippen molar-refractivity contribution in [2.45, 2.75) is 51.6 Å². The van der Waals surface area contributed by atoms with Gasteiger partial charge in [-0.3, -0.25) is 4.79 Å². The highest BCUT2D eigenvalue weighted by molar-refractivity contribution is 5.75. The fourth-order valence-electron chi connectivity index (χ4n) is 2.92. The molecule has 0 amide bonds. The van der Waals surface area contributed by atoms with Crippen molar-refractivity contribution >= 4 is 5.97 Å². The number of carbonyl (C=O) groups is 1. The third-order valence-electron chi connectivity index (χ3n) is 4.27. The van der Waals surface area contributed by atoms with Gasteiger partial charge in [-0.15, -0.1) is 0 Å². The molecular weight excluding hydrogens is 312 g/mol. The lowest BCUT2D eigenvalue weighted by molar-refractivity contribution is -0.185. The summed E-state index contributed by atoms with van der Waals surface area (Å²) in [6.07, 6.45) is -2.52. The van der Waals surface area contributed by atoms with Crippen LogP contribution < -0.4 is 4.74 Å². The van der Waals surface area contributed by atoms with Crippen LogP contribution in [-0.2, 0) is 11.2 Å². The molecule has 23 heavy (non-hydrogen) atoms. The molecule has 0 spiro atoms. The molecule has 2 nitrogen and oxygen atoms in total. The zero-order valence-electron chi connectivity index (χ0n) is 13.0. The van der Waals surface area contributed by atoms with Crippen LogP contribution in [0.2, 0.25) is 0 Å². The number of hydrogen-bond acceptors (Lipinski definition) is 2. The number of ether oxygens (including phenoxy) is 1. The normalized spacial score (nSPS) is 22.0. The van der Waals surface area contributed by atoms with Crippen molar-refractivity contribution in [3.05, 3.63) is 29.6 Å². The summed E-state index contributed by atoms with van der Waals surface area (Å²) in [7, 11) is 0. The van der Waals surface area contributed by atoms with E-state index in [1.165, 1.54) is 12.1 Å². The van der Waals surface area contributed by atoms with Crippen LogP contribution in [0.1, 0.15) is 44.6 Å². The minimum Gasteiger partial charge on any atom is -0.423 e. The maximum atomic E-state index is 13.9. The van der Waals surface area contributed by atoms with E-state index in [-0.39, 0.29) is 31.4 Å². The van der Waals surface area contributed by atoms with Crippen LogP contribution in [0.25, 0.3) is 0 Å². The molecule has 0 bridgehead atoms. The molecular formula is C17H20F4O2. The Hall–Kier alpha value is -1.59. The predicted molar refractivity (Wildman–Crippen MR) is 77.5 cm³/mol. The summed E-state index contributed by atoms with van der Waals surface area (Å²) in [6.45, 7) is 1.98. The number of halogens is 4. The van der Waals surface area contributed by atoms with Crippen molar-refractivity contribution in [2.24, 2.45) is 11.8 Å². The van der Waals surface area contributed by atoms with Gasteiger partial charge in [0.05, 0.1) is 11.8 Å². The first-order chi connectivity index (χ1) is 10.8. The van der Waals surface area contributed by atoms with Crippen LogP contribution >= 0.6 is 0 Å².